The Morgan fingerprint density at radius 2 is 1.15 bits per heavy atom. The molecule has 0 spiro atoms. The van der Waals surface area contributed by atoms with Gasteiger partial charge in [-0.2, -0.15) is 42.5 Å². The fraction of sp³-hybridized carbons (Fsp3) is 0.462. The number of nitrogens with two attached hydrogens (primary N) is 1. The SMILES string of the molecule is C.CN(C)[C@H]1CCN(c2ccc(N)cc2F)C1.CN(C)[C@H]1CCN(c2ccc(Nc3ncc4cc(C#N)c(=O)n(C5CCCC5)c4n3)cc2F)C1.CS(=O)c1ncc2cc(C#N)c(=O)n(C3CCCC3)c2n1.S.S. The highest BCUT2D eigenvalue weighted by Crippen LogP contribution is 2.33. The zero-order valence-corrected chi connectivity index (χ0v) is 44.6. The molecular formula is C52H68F2N14O3S3. The van der Waals surface area contributed by atoms with E-state index < -0.39 is 10.8 Å². The largest absolute Gasteiger partial charge is 0.399 e. The van der Waals surface area contributed by atoms with Gasteiger partial charge in [0.25, 0.3) is 11.1 Å². The highest BCUT2D eigenvalue weighted by molar-refractivity contribution is 7.84. The molecule has 4 aliphatic rings. The molecule has 17 nitrogen and oxygen atoms in total. The number of likely N-dealkylation sites (N-methyl/N-ethyl adjacent to an activating group) is 2. The van der Waals surface area contributed by atoms with Crippen LogP contribution in [0.5, 0.6) is 0 Å². The molecule has 2 saturated carbocycles. The van der Waals surface area contributed by atoms with Crippen molar-refractivity contribution < 1.29 is 13.0 Å². The lowest BCUT2D eigenvalue weighted by Crippen LogP contribution is -2.31. The van der Waals surface area contributed by atoms with Gasteiger partial charge in [0.2, 0.25) is 11.1 Å². The molecule has 6 aromatic rings. The van der Waals surface area contributed by atoms with E-state index in [2.05, 4.69) is 73.0 Å². The molecule has 396 valence electrons. The molecule has 74 heavy (non-hydrogen) atoms. The van der Waals surface area contributed by atoms with E-state index in [1.54, 1.807) is 39.6 Å². The molecule has 4 fully saturated rings. The van der Waals surface area contributed by atoms with Gasteiger partial charge in [-0.15, -0.1) is 0 Å². The summed E-state index contributed by atoms with van der Waals surface area (Å²) < 4.78 is 43.5. The Kier molecular flexibility index (Phi) is 20.5. The van der Waals surface area contributed by atoms with Crippen LogP contribution in [0.15, 0.2) is 75.7 Å². The van der Waals surface area contributed by atoms with Gasteiger partial charge in [-0.25, -0.2) is 23.7 Å². The Morgan fingerprint density at radius 1 is 0.689 bits per heavy atom. The van der Waals surface area contributed by atoms with Crippen molar-refractivity contribution in [3.63, 3.8) is 0 Å². The number of aromatic nitrogens is 6. The standard InChI is InChI=1S/C25H28FN7O.C14H14N4O2S.C12H18FN3.CH4.2H2S/c1-31(2)20-9-10-32(15-20)22-8-7-18(12-21(22)26)29-25-28-14-17-11-16(13-27)24(34)33(23(17)30-25)19-5-3-4-6-19;1-21(20)14-16-8-10-6-9(7-15)13(19)18(12(10)17-14)11-4-2-3-5-11;1-15(2)10-5-6-16(8-10)12-4-3-9(14)7-11(12)13;;;/h7-8,11-12,14,19-20H,3-6,9-10,15H2,1-2H3,(H,28,29,30);6,8,11H,2-5H2,1H3;3-4,7,10H,5-6,8,14H2,1-2H3;1H4;2*1H2/t20-;;10-;;;/m0.0.../s1. The predicted molar refractivity (Wildman–Crippen MR) is 301 cm³/mol. The van der Waals surface area contributed by atoms with Gasteiger partial charge in [0.15, 0.2) is 0 Å². The summed E-state index contributed by atoms with van der Waals surface area (Å²) in [4.78, 5) is 51.2. The van der Waals surface area contributed by atoms with Crippen molar-refractivity contribution in [3.05, 3.63) is 104 Å². The van der Waals surface area contributed by atoms with Crippen LogP contribution in [0.1, 0.15) is 94.8 Å². The first-order chi connectivity index (χ1) is 34.1. The molecule has 0 radical (unpaired) electrons. The van der Waals surface area contributed by atoms with Gasteiger partial charge >= 0.3 is 0 Å². The van der Waals surface area contributed by atoms with Crippen LogP contribution in [0.4, 0.5) is 37.5 Å². The maximum absolute atomic E-state index is 15.0. The number of nitrogen functional groups attached to an aromatic ring is 1. The van der Waals surface area contributed by atoms with Crippen LogP contribution in [-0.2, 0) is 10.8 Å². The van der Waals surface area contributed by atoms with Crippen molar-refractivity contribution in [2.24, 2.45) is 0 Å². The molecule has 4 aromatic heterocycles. The number of benzene rings is 2. The molecule has 3 N–H and O–H groups in total. The van der Waals surface area contributed by atoms with Gasteiger partial charge in [-0.05, 0) is 115 Å². The van der Waals surface area contributed by atoms with E-state index in [0.29, 0.717) is 56.9 Å². The monoisotopic (exact) mass is 1070 g/mol. The van der Waals surface area contributed by atoms with E-state index in [4.69, 9.17) is 11.0 Å². The molecule has 3 atom stereocenters. The minimum Gasteiger partial charge on any atom is -0.399 e. The first kappa shape index (κ1) is 58.7. The third-order valence-electron chi connectivity index (χ3n) is 14.0. The number of halogens is 2. The highest BCUT2D eigenvalue weighted by atomic mass is 32.2. The number of hydrogen-bond donors (Lipinski definition) is 2. The van der Waals surface area contributed by atoms with Gasteiger partial charge < -0.3 is 30.7 Å². The van der Waals surface area contributed by atoms with Crippen LogP contribution in [-0.4, -0.2) is 116 Å². The van der Waals surface area contributed by atoms with Gasteiger partial charge in [0, 0.05) is 91.1 Å². The number of nitriles is 2. The third kappa shape index (κ3) is 13.0. The predicted octanol–water partition coefficient (Wildman–Crippen LogP) is 7.73. The summed E-state index contributed by atoms with van der Waals surface area (Å²) in [5.74, 6) is -0.240. The topological polar surface area (TPSA) is 211 Å². The smallest absolute Gasteiger partial charge is 0.270 e. The summed E-state index contributed by atoms with van der Waals surface area (Å²) in [6.07, 6.45) is 14.5. The van der Waals surface area contributed by atoms with E-state index in [-0.39, 0.29) is 91.5 Å². The number of fused-ring (bicyclic) bond motifs is 2. The van der Waals surface area contributed by atoms with E-state index in [9.17, 15) is 27.8 Å². The summed E-state index contributed by atoms with van der Waals surface area (Å²) in [6, 6.07) is 17.9. The summed E-state index contributed by atoms with van der Waals surface area (Å²) in [6.45, 7) is 3.41. The van der Waals surface area contributed by atoms with Crippen molar-refractivity contribution >= 4 is 88.6 Å². The van der Waals surface area contributed by atoms with Gasteiger partial charge in [0.1, 0.15) is 46.2 Å². The molecule has 22 heteroatoms. The lowest BCUT2D eigenvalue weighted by molar-refractivity contribution is 0.315. The van der Waals surface area contributed by atoms with Crippen molar-refractivity contribution in [3.8, 4) is 12.1 Å². The molecule has 2 saturated heterocycles. The van der Waals surface area contributed by atoms with Gasteiger partial charge in [0.05, 0.1) is 22.2 Å². The molecular weight excluding hydrogens is 1000 g/mol. The zero-order valence-electron chi connectivity index (χ0n) is 41.8. The quantitative estimate of drug-likeness (QED) is 0.105. The Bertz CT molecular complexity index is 3170. The number of nitrogens with one attached hydrogen (secondary N) is 1. The van der Waals surface area contributed by atoms with Crippen LogP contribution in [0.2, 0.25) is 0 Å². The number of hydrogen-bond acceptors (Lipinski definition) is 15. The lowest BCUT2D eigenvalue weighted by Gasteiger charge is -2.22. The van der Waals surface area contributed by atoms with E-state index in [0.717, 1.165) is 90.4 Å². The van der Waals surface area contributed by atoms with Crippen LogP contribution in [0.25, 0.3) is 22.1 Å². The fourth-order valence-electron chi connectivity index (χ4n) is 10.1. The molecule has 2 aromatic carbocycles. The number of nitrogens with zero attached hydrogens (tertiary/aromatic N) is 12. The van der Waals surface area contributed by atoms with Crippen molar-refractivity contribution in [2.75, 3.05) is 81.5 Å². The second kappa shape index (κ2) is 25.9. The van der Waals surface area contributed by atoms with E-state index in [1.165, 1.54) is 30.7 Å². The van der Waals surface area contributed by atoms with Gasteiger partial charge in [-0.1, -0.05) is 33.1 Å². The van der Waals surface area contributed by atoms with Crippen molar-refractivity contribution in [1.82, 2.24) is 38.9 Å². The van der Waals surface area contributed by atoms with Crippen LogP contribution in [0.3, 0.4) is 0 Å². The first-order valence-corrected chi connectivity index (χ1v) is 25.6. The Morgan fingerprint density at radius 3 is 1.58 bits per heavy atom. The summed E-state index contributed by atoms with van der Waals surface area (Å²) in [5, 5.41) is 23.1. The Balaban J connectivity index is 0.000000218. The minimum absolute atomic E-state index is 0. The number of rotatable bonds is 9. The van der Waals surface area contributed by atoms with Gasteiger partial charge in [-0.3, -0.25) is 22.9 Å². The second-order valence-corrected chi connectivity index (χ2v) is 20.4. The molecule has 2 aliphatic heterocycles. The van der Waals surface area contributed by atoms with Crippen molar-refractivity contribution in [2.45, 2.75) is 101 Å². The van der Waals surface area contributed by atoms with Crippen LogP contribution < -0.4 is 32.0 Å². The normalized spacial score (nSPS) is 17.9. The lowest BCUT2D eigenvalue weighted by atomic mass is 10.2. The molecule has 10 rings (SSSR count). The first-order valence-electron chi connectivity index (χ1n) is 24.1. The van der Waals surface area contributed by atoms with Crippen LogP contribution in [0, 0.1) is 34.3 Å². The molecule has 6 heterocycles. The van der Waals surface area contributed by atoms with E-state index in [1.807, 2.05) is 18.2 Å². The van der Waals surface area contributed by atoms with E-state index >= 15 is 0 Å². The summed E-state index contributed by atoms with van der Waals surface area (Å²) in [5.41, 5.74) is 8.34. The molecule has 0 bridgehead atoms. The maximum atomic E-state index is 15.0. The number of anilines is 5. The number of pyridine rings is 2. The summed E-state index contributed by atoms with van der Waals surface area (Å²) >= 11 is 0. The molecule has 0 amide bonds. The fourth-order valence-corrected chi connectivity index (χ4v) is 10.5. The minimum atomic E-state index is -1.31. The Hall–Kier alpha value is -6.17. The third-order valence-corrected chi connectivity index (χ3v) is 14.8. The molecule has 1 unspecified atom stereocenters. The van der Waals surface area contributed by atoms with Crippen molar-refractivity contribution in [1.29, 1.82) is 10.5 Å². The second-order valence-electron chi connectivity index (χ2n) is 19.1. The average Bonchev–Trinajstić information content (AvgIpc) is 4.21. The molecule has 2 aliphatic carbocycles. The van der Waals surface area contributed by atoms with Crippen LogP contribution >= 0.6 is 27.0 Å². The maximum Gasteiger partial charge on any atom is 0.270 e. The Labute approximate surface area is 447 Å². The average molecular weight is 1070 g/mol. The zero-order chi connectivity index (χ0) is 50.5. The highest BCUT2D eigenvalue weighted by Gasteiger charge is 2.28. The summed E-state index contributed by atoms with van der Waals surface area (Å²) in [7, 11) is 6.91.